The first-order valence-electron chi connectivity index (χ1n) is 9.89. The van der Waals surface area contributed by atoms with Crippen LogP contribution in [0.25, 0.3) is 0 Å². The van der Waals surface area contributed by atoms with E-state index in [1.807, 2.05) is 13.8 Å². The van der Waals surface area contributed by atoms with Gasteiger partial charge in [0.05, 0.1) is 19.3 Å². The summed E-state index contributed by atoms with van der Waals surface area (Å²) in [6.07, 6.45) is 1.26. The quantitative estimate of drug-likeness (QED) is 0.439. The first-order valence-corrected chi connectivity index (χ1v) is 9.89. The van der Waals surface area contributed by atoms with E-state index >= 15 is 0 Å². The molecule has 0 saturated heterocycles. The van der Waals surface area contributed by atoms with Gasteiger partial charge in [-0.3, -0.25) is 0 Å². The molecule has 2 N–H and O–H groups in total. The van der Waals surface area contributed by atoms with Gasteiger partial charge in [-0.15, -0.1) is 0 Å². The van der Waals surface area contributed by atoms with E-state index in [1.165, 1.54) is 11.1 Å². The minimum Gasteiger partial charge on any atom is -0.378 e. The highest BCUT2D eigenvalue weighted by atomic mass is 16.5. The Hall–Kier alpha value is -1.59. The highest BCUT2D eigenvalue weighted by Crippen LogP contribution is 2.10. The average Bonchev–Trinajstić information content (AvgIpc) is 2.64. The van der Waals surface area contributed by atoms with Crippen molar-refractivity contribution < 1.29 is 9.47 Å². The lowest BCUT2D eigenvalue weighted by Crippen LogP contribution is -2.39. The van der Waals surface area contributed by atoms with Crippen molar-refractivity contribution in [3.63, 3.8) is 0 Å². The molecule has 0 aliphatic heterocycles. The first kappa shape index (κ1) is 22.5. The van der Waals surface area contributed by atoms with Crippen LogP contribution in [0.5, 0.6) is 0 Å². The molecule has 0 aromatic heterocycles. The second kappa shape index (κ2) is 13.6. The SMILES string of the molecule is CCNC(=NCc1ccc(COCC)cc1)NCCC(OCC)C(C)C. The molecule has 0 aliphatic rings. The van der Waals surface area contributed by atoms with E-state index in [-0.39, 0.29) is 6.10 Å². The maximum absolute atomic E-state index is 5.80. The fourth-order valence-corrected chi connectivity index (χ4v) is 2.63. The van der Waals surface area contributed by atoms with Gasteiger partial charge in [-0.05, 0) is 44.2 Å². The van der Waals surface area contributed by atoms with Gasteiger partial charge in [0.15, 0.2) is 5.96 Å². The van der Waals surface area contributed by atoms with Gasteiger partial charge in [-0.1, -0.05) is 38.1 Å². The summed E-state index contributed by atoms with van der Waals surface area (Å²) < 4.78 is 11.2. The third-order valence-electron chi connectivity index (χ3n) is 4.11. The Morgan fingerprint density at radius 2 is 1.69 bits per heavy atom. The predicted octanol–water partition coefficient (Wildman–Crippen LogP) is 3.73. The lowest BCUT2D eigenvalue weighted by atomic mass is 10.0. The predicted molar refractivity (Wildman–Crippen MR) is 109 cm³/mol. The molecule has 5 heteroatoms. The van der Waals surface area contributed by atoms with Crippen LogP contribution in [0.1, 0.15) is 52.2 Å². The standard InChI is InChI=1S/C21H37N3O2/c1-6-22-21(23-14-13-20(17(4)5)26-8-3)24-15-18-9-11-19(12-10-18)16-25-7-2/h9-12,17,20H,6-8,13-16H2,1-5H3,(H2,22,23,24). The zero-order chi connectivity index (χ0) is 19.2. The fraction of sp³-hybridized carbons (Fsp3) is 0.667. The largest absolute Gasteiger partial charge is 0.378 e. The summed E-state index contributed by atoms with van der Waals surface area (Å²) in [7, 11) is 0. The molecule has 26 heavy (non-hydrogen) atoms. The molecule has 0 bridgehead atoms. The molecule has 1 aromatic rings. The summed E-state index contributed by atoms with van der Waals surface area (Å²) >= 11 is 0. The zero-order valence-electron chi connectivity index (χ0n) is 17.2. The van der Waals surface area contributed by atoms with E-state index < -0.39 is 0 Å². The number of nitrogens with zero attached hydrogens (tertiary/aromatic N) is 1. The summed E-state index contributed by atoms with van der Waals surface area (Å²) in [6, 6.07) is 8.45. The third kappa shape index (κ3) is 9.20. The number of benzene rings is 1. The lowest BCUT2D eigenvalue weighted by molar-refractivity contribution is 0.0258. The Morgan fingerprint density at radius 1 is 1.00 bits per heavy atom. The maximum atomic E-state index is 5.80. The van der Waals surface area contributed by atoms with E-state index in [4.69, 9.17) is 9.47 Å². The van der Waals surface area contributed by atoms with E-state index in [9.17, 15) is 0 Å². The van der Waals surface area contributed by atoms with Gasteiger partial charge in [-0.2, -0.15) is 0 Å². The van der Waals surface area contributed by atoms with Crippen LogP contribution in [-0.4, -0.2) is 38.4 Å². The second-order valence-electron chi connectivity index (χ2n) is 6.60. The van der Waals surface area contributed by atoms with Crippen molar-refractivity contribution in [1.29, 1.82) is 0 Å². The average molecular weight is 364 g/mol. The molecule has 0 radical (unpaired) electrons. The summed E-state index contributed by atoms with van der Waals surface area (Å²) in [6.45, 7) is 15.1. The molecule has 0 amide bonds. The molecular weight excluding hydrogens is 326 g/mol. The normalized spacial score (nSPS) is 13.1. The van der Waals surface area contributed by atoms with Gasteiger partial charge in [-0.25, -0.2) is 4.99 Å². The van der Waals surface area contributed by atoms with Crippen molar-refractivity contribution in [2.24, 2.45) is 10.9 Å². The lowest BCUT2D eigenvalue weighted by Gasteiger charge is -2.21. The smallest absolute Gasteiger partial charge is 0.191 e. The molecule has 0 saturated carbocycles. The maximum Gasteiger partial charge on any atom is 0.191 e. The minimum absolute atomic E-state index is 0.285. The molecular formula is C21H37N3O2. The number of ether oxygens (including phenoxy) is 2. The number of guanidine groups is 1. The number of rotatable bonds is 12. The van der Waals surface area contributed by atoms with E-state index in [0.29, 0.717) is 19.1 Å². The van der Waals surface area contributed by atoms with E-state index in [1.54, 1.807) is 0 Å². The van der Waals surface area contributed by atoms with Crippen LogP contribution < -0.4 is 10.6 Å². The highest BCUT2D eigenvalue weighted by molar-refractivity contribution is 5.79. The van der Waals surface area contributed by atoms with Crippen molar-refractivity contribution in [2.45, 2.75) is 60.3 Å². The van der Waals surface area contributed by atoms with Crippen molar-refractivity contribution in [1.82, 2.24) is 10.6 Å². The van der Waals surface area contributed by atoms with Crippen LogP contribution in [0.4, 0.5) is 0 Å². The Balaban J connectivity index is 2.51. The van der Waals surface area contributed by atoms with Crippen LogP contribution in [0.15, 0.2) is 29.3 Å². The molecule has 5 nitrogen and oxygen atoms in total. The third-order valence-corrected chi connectivity index (χ3v) is 4.11. The van der Waals surface area contributed by atoms with Crippen molar-refractivity contribution >= 4 is 5.96 Å². The van der Waals surface area contributed by atoms with Gasteiger partial charge >= 0.3 is 0 Å². The molecule has 0 spiro atoms. The van der Waals surface area contributed by atoms with Crippen LogP contribution in [-0.2, 0) is 22.6 Å². The Morgan fingerprint density at radius 3 is 2.27 bits per heavy atom. The highest BCUT2D eigenvalue weighted by Gasteiger charge is 2.12. The van der Waals surface area contributed by atoms with Crippen LogP contribution in [0.2, 0.25) is 0 Å². The summed E-state index contributed by atoms with van der Waals surface area (Å²) in [4.78, 5) is 4.69. The van der Waals surface area contributed by atoms with E-state index in [2.05, 4.69) is 60.7 Å². The van der Waals surface area contributed by atoms with Gasteiger partial charge < -0.3 is 20.1 Å². The van der Waals surface area contributed by atoms with E-state index in [0.717, 1.165) is 38.7 Å². The fourth-order valence-electron chi connectivity index (χ4n) is 2.63. The number of aliphatic imine (C=N–C) groups is 1. The minimum atomic E-state index is 0.285. The summed E-state index contributed by atoms with van der Waals surface area (Å²) in [5.74, 6) is 1.37. The number of hydrogen-bond acceptors (Lipinski definition) is 3. The Labute approximate surface area is 159 Å². The Bertz CT molecular complexity index is 500. The molecule has 1 rings (SSSR count). The van der Waals surface area contributed by atoms with Crippen molar-refractivity contribution in [2.75, 3.05) is 26.3 Å². The summed E-state index contributed by atoms with van der Waals surface area (Å²) in [5, 5.41) is 6.72. The topological polar surface area (TPSA) is 54.9 Å². The summed E-state index contributed by atoms with van der Waals surface area (Å²) in [5.41, 5.74) is 2.39. The second-order valence-corrected chi connectivity index (χ2v) is 6.60. The molecule has 1 atom stereocenters. The van der Waals surface area contributed by atoms with Gasteiger partial charge in [0.25, 0.3) is 0 Å². The number of nitrogens with one attached hydrogen (secondary N) is 2. The van der Waals surface area contributed by atoms with Crippen LogP contribution in [0.3, 0.4) is 0 Å². The first-order chi connectivity index (χ1) is 12.6. The van der Waals surface area contributed by atoms with Gasteiger partial charge in [0.1, 0.15) is 0 Å². The van der Waals surface area contributed by atoms with Gasteiger partial charge in [0, 0.05) is 26.3 Å². The Kier molecular flexibility index (Phi) is 11.7. The van der Waals surface area contributed by atoms with Gasteiger partial charge in [0.2, 0.25) is 0 Å². The molecule has 0 aliphatic carbocycles. The van der Waals surface area contributed by atoms with Crippen molar-refractivity contribution in [3.8, 4) is 0 Å². The molecule has 1 aromatic carbocycles. The van der Waals surface area contributed by atoms with Crippen LogP contribution >= 0.6 is 0 Å². The monoisotopic (exact) mass is 363 g/mol. The zero-order valence-corrected chi connectivity index (χ0v) is 17.2. The van der Waals surface area contributed by atoms with Crippen LogP contribution in [0, 0.1) is 5.92 Å². The molecule has 0 heterocycles. The van der Waals surface area contributed by atoms with Crippen molar-refractivity contribution in [3.05, 3.63) is 35.4 Å². The molecule has 0 fully saturated rings. The molecule has 1 unspecified atom stereocenters. The number of hydrogen-bond donors (Lipinski definition) is 2. The molecule has 148 valence electrons.